The highest BCUT2D eigenvalue weighted by atomic mass is 35.5. The normalized spacial score (nSPS) is 14.8. The smallest absolute Gasteiger partial charge is 0.242 e. The molecule has 0 aromatic heterocycles. The first-order valence-corrected chi connectivity index (χ1v) is 8.29. The summed E-state index contributed by atoms with van der Waals surface area (Å²) in [6.07, 6.45) is 1.06. The lowest BCUT2D eigenvalue weighted by atomic mass is 10.0. The molecule has 0 saturated heterocycles. The fourth-order valence-electron chi connectivity index (χ4n) is 2.63. The maximum Gasteiger partial charge on any atom is 0.242 e. The third-order valence-electron chi connectivity index (χ3n) is 4.16. The number of hydrogen-bond acceptors (Lipinski definition) is 2. The monoisotopic (exact) mass is 362 g/mol. The first-order chi connectivity index (χ1) is 11.4. The van der Waals surface area contributed by atoms with Gasteiger partial charge in [-0.2, -0.15) is 0 Å². The molecular formula is C18H16Cl2N2O2. The molecule has 6 heteroatoms. The van der Waals surface area contributed by atoms with Crippen LogP contribution in [-0.4, -0.2) is 18.9 Å². The van der Waals surface area contributed by atoms with Gasteiger partial charge in [-0.15, -0.1) is 0 Å². The topological polar surface area (TPSA) is 49.4 Å². The van der Waals surface area contributed by atoms with Crippen LogP contribution in [0.4, 0.5) is 11.4 Å². The van der Waals surface area contributed by atoms with E-state index in [1.54, 1.807) is 25.2 Å². The minimum absolute atomic E-state index is 0.209. The average Bonchev–Trinajstić information content (AvgIpc) is 3.35. The van der Waals surface area contributed by atoms with Gasteiger partial charge in [0.2, 0.25) is 11.8 Å². The van der Waals surface area contributed by atoms with E-state index in [2.05, 4.69) is 5.32 Å². The predicted molar refractivity (Wildman–Crippen MR) is 96.6 cm³/mol. The summed E-state index contributed by atoms with van der Waals surface area (Å²) in [5.74, 6) is -0.534. The second-order valence-electron chi connectivity index (χ2n) is 5.89. The summed E-state index contributed by atoms with van der Waals surface area (Å²) in [5.41, 5.74) is 0.227. The zero-order valence-electron chi connectivity index (χ0n) is 13.1. The second-order valence-corrected chi connectivity index (χ2v) is 6.77. The maximum absolute atomic E-state index is 12.8. The standard InChI is InChI=1S/C18H16Cl2N2O2/c1-22(15-5-3-2-4-6-15)17(24)18(7-8-18)16(23)21-14-10-12(19)9-13(20)11-14/h2-6,9-11H,7-8H2,1H3,(H,21,23). The average molecular weight is 363 g/mol. The summed E-state index contributed by atoms with van der Waals surface area (Å²) in [5, 5.41) is 3.61. The van der Waals surface area contributed by atoms with Crippen molar-refractivity contribution in [3.8, 4) is 0 Å². The van der Waals surface area contributed by atoms with Crippen LogP contribution in [0.1, 0.15) is 12.8 Å². The van der Waals surface area contributed by atoms with Gasteiger partial charge in [0.25, 0.3) is 0 Å². The highest BCUT2D eigenvalue weighted by Crippen LogP contribution is 2.48. The first kappa shape index (κ1) is 16.8. The van der Waals surface area contributed by atoms with Crippen LogP contribution in [0, 0.1) is 5.41 Å². The van der Waals surface area contributed by atoms with E-state index < -0.39 is 5.41 Å². The van der Waals surface area contributed by atoms with Crippen LogP contribution < -0.4 is 10.2 Å². The van der Waals surface area contributed by atoms with Gasteiger partial charge in [0.15, 0.2) is 0 Å². The fourth-order valence-corrected chi connectivity index (χ4v) is 3.16. The highest BCUT2D eigenvalue weighted by Gasteiger charge is 2.57. The Hall–Kier alpha value is -2.04. The predicted octanol–water partition coefficient (Wildman–Crippen LogP) is 4.38. The van der Waals surface area contributed by atoms with Gasteiger partial charge in [-0.3, -0.25) is 9.59 Å². The molecule has 0 spiro atoms. The summed E-state index contributed by atoms with van der Waals surface area (Å²) in [6.45, 7) is 0. The van der Waals surface area contributed by atoms with Crippen LogP contribution in [0.5, 0.6) is 0 Å². The van der Waals surface area contributed by atoms with E-state index in [9.17, 15) is 9.59 Å². The molecule has 1 aliphatic rings. The Morgan fingerprint density at radius 2 is 1.62 bits per heavy atom. The van der Waals surface area contributed by atoms with Crippen molar-refractivity contribution >= 4 is 46.4 Å². The largest absolute Gasteiger partial charge is 0.325 e. The molecule has 1 saturated carbocycles. The van der Waals surface area contributed by atoms with E-state index in [4.69, 9.17) is 23.2 Å². The molecule has 0 radical (unpaired) electrons. The van der Waals surface area contributed by atoms with Gasteiger partial charge >= 0.3 is 0 Å². The molecule has 3 rings (SSSR count). The van der Waals surface area contributed by atoms with Crippen LogP contribution in [0.3, 0.4) is 0 Å². The zero-order valence-corrected chi connectivity index (χ0v) is 14.6. The Balaban J connectivity index is 1.77. The van der Waals surface area contributed by atoms with Gasteiger partial charge in [0.05, 0.1) is 0 Å². The molecule has 0 aliphatic heterocycles. The molecule has 1 N–H and O–H groups in total. The van der Waals surface area contributed by atoms with E-state index in [-0.39, 0.29) is 11.8 Å². The van der Waals surface area contributed by atoms with E-state index in [0.29, 0.717) is 28.6 Å². The molecule has 2 amide bonds. The number of halogens is 2. The van der Waals surface area contributed by atoms with Crippen LogP contribution in [0.15, 0.2) is 48.5 Å². The number of para-hydroxylation sites is 1. The Bertz CT molecular complexity index is 769. The Morgan fingerprint density at radius 1 is 1.04 bits per heavy atom. The summed E-state index contributed by atoms with van der Waals surface area (Å²) < 4.78 is 0. The molecule has 0 unspecified atom stereocenters. The van der Waals surface area contributed by atoms with E-state index in [0.717, 1.165) is 5.69 Å². The number of benzene rings is 2. The van der Waals surface area contributed by atoms with Gasteiger partial charge < -0.3 is 10.2 Å². The molecular weight excluding hydrogens is 347 g/mol. The number of hydrogen-bond donors (Lipinski definition) is 1. The van der Waals surface area contributed by atoms with E-state index >= 15 is 0 Å². The van der Waals surface area contributed by atoms with Crippen molar-refractivity contribution in [3.63, 3.8) is 0 Å². The lowest BCUT2D eigenvalue weighted by molar-refractivity contribution is -0.132. The van der Waals surface area contributed by atoms with Crippen molar-refractivity contribution in [1.82, 2.24) is 0 Å². The van der Waals surface area contributed by atoms with Crippen molar-refractivity contribution in [1.29, 1.82) is 0 Å². The highest BCUT2D eigenvalue weighted by molar-refractivity contribution is 6.35. The summed E-state index contributed by atoms with van der Waals surface area (Å²) in [6, 6.07) is 14.1. The molecule has 0 bridgehead atoms. The fraction of sp³-hybridized carbons (Fsp3) is 0.222. The van der Waals surface area contributed by atoms with Gasteiger partial charge in [0.1, 0.15) is 5.41 Å². The number of nitrogens with zero attached hydrogens (tertiary/aromatic N) is 1. The number of nitrogens with one attached hydrogen (secondary N) is 1. The molecule has 124 valence electrons. The third-order valence-corrected chi connectivity index (χ3v) is 4.60. The van der Waals surface area contributed by atoms with Crippen molar-refractivity contribution in [2.75, 3.05) is 17.3 Å². The lowest BCUT2D eigenvalue weighted by Gasteiger charge is -2.23. The van der Waals surface area contributed by atoms with Crippen LogP contribution in [0.2, 0.25) is 10.0 Å². The minimum Gasteiger partial charge on any atom is -0.325 e. The second kappa shape index (κ2) is 6.46. The Morgan fingerprint density at radius 3 is 2.17 bits per heavy atom. The van der Waals surface area contributed by atoms with Crippen molar-refractivity contribution < 1.29 is 9.59 Å². The van der Waals surface area contributed by atoms with Crippen molar-refractivity contribution in [2.24, 2.45) is 5.41 Å². The Kier molecular flexibility index (Phi) is 4.52. The van der Waals surface area contributed by atoms with E-state index in [1.807, 2.05) is 30.3 Å². The van der Waals surface area contributed by atoms with Gasteiger partial charge in [-0.25, -0.2) is 0 Å². The van der Waals surface area contributed by atoms with Crippen LogP contribution in [-0.2, 0) is 9.59 Å². The van der Waals surface area contributed by atoms with Gasteiger partial charge in [-0.05, 0) is 43.2 Å². The van der Waals surface area contributed by atoms with Crippen LogP contribution in [0.25, 0.3) is 0 Å². The van der Waals surface area contributed by atoms with Crippen molar-refractivity contribution in [3.05, 3.63) is 58.6 Å². The molecule has 1 fully saturated rings. The lowest BCUT2D eigenvalue weighted by Crippen LogP contribution is -2.41. The SMILES string of the molecule is CN(C(=O)C1(C(=O)Nc2cc(Cl)cc(Cl)c2)CC1)c1ccccc1. The summed E-state index contributed by atoms with van der Waals surface area (Å²) in [7, 11) is 1.68. The molecule has 0 heterocycles. The number of rotatable bonds is 4. The quantitative estimate of drug-likeness (QED) is 0.820. The number of anilines is 2. The van der Waals surface area contributed by atoms with Crippen LogP contribution >= 0.6 is 23.2 Å². The summed E-state index contributed by atoms with van der Waals surface area (Å²) >= 11 is 11.9. The zero-order chi connectivity index (χ0) is 17.3. The Labute approximate surface area is 150 Å². The van der Waals surface area contributed by atoms with Crippen molar-refractivity contribution in [2.45, 2.75) is 12.8 Å². The molecule has 1 aliphatic carbocycles. The molecule has 24 heavy (non-hydrogen) atoms. The van der Waals surface area contributed by atoms with Gasteiger partial charge in [-0.1, -0.05) is 41.4 Å². The molecule has 2 aromatic carbocycles. The van der Waals surface area contributed by atoms with E-state index in [1.165, 1.54) is 4.90 Å². The molecule has 2 aromatic rings. The van der Waals surface area contributed by atoms with Gasteiger partial charge in [0, 0.05) is 28.5 Å². The summed E-state index contributed by atoms with van der Waals surface area (Å²) in [4.78, 5) is 27.0. The molecule has 4 nitrogen and oxygen atoms in total. The molecule has 0 atom stereocenters. The number of carbonyl (C=O) groups excluding carboxylic acids is 2. The first-order valence-electron chi connectivity index (χ1n) is 7.53. The number of carbonyl (C=O) groups is 2. The number of amides is 2. The third kappa shape index (κ3) is 3.25. The minimum atomic E-state index is -1.01. The maximum atomic E-state index is 12.8.